The summed E-state index contributed by atoms with van der Waals surface area (Å²) in [5, 5.41) is 9.61. The second-order valence-corrected chi connectivity index (χ2v) is 7.24. The maximum Gasteiger partial charge on any atom is 0.410 e. The third-order valence-corrected chi connectivity index (χ3v) is 5.32. The highest BCUT2D eigenvalue weighted by atomic mass is 79.9. The van der Waals surface area contributed by atoms with Gasteiger partial charge in [0.25, 0.3) is 0 Å². The first kappa shape index (κ1) is 19.2. The molecule has 1 aliphatic rings. The van der Waals surface area contributed by atoms with Crippen molar-refractivity contribution < 1.29 is 24.2 Å². The van der Waals surface area contributed by atoms with Crippen LogP contribution in [0, 0.1) is 5.92 Å². The molecule has 0 radical (unpaired) electrons. The minimum atomic E-state index is -0.926. The summed E-state index contributed by atoms with van der Waals surface area (Å²) in [6.07, 6.45) is -0.500. The molecule has 2 aromatic carbocycles. The van der Waals surface area contributed by atoms with Crippen molar-refractivity contribution in [2.24, 2.45) is 5.92 Å². The van der Waals surface area contributed by atoms with E-state index in [1.807, 2.05) is 42.5 Å². The molecule has 0 aliphatic carbocycles. The van der Waals surface area contributed by atoms with Gasteiger partial charge in [-0.1, -0.05) is 36.4 Å². The van der Waals surface area contributed by atoms with Gasteiger partial charge in [-0.3, -0.25) is 4.79 Å². The number of carbonyl (C=O) groups excluding carboxylic acids is 1. The van der Waals surface area contributed by atoms with Crippen LogP contribution in [0.3, 0.4) is 0 Å². The van der Waals surface area contributed by atoms with Gasteiger partial charge in [0.05, 0.1) is 17.5 Å². The lowest BCUT2D eigenvalue weighted by atomic mass is 9.89. The fourth-order valence-corrected chi connectivity index (χ4v) is 3.82. The summed E-state index contributed by atoms with van der Waals surface area (Å²) < 4.78 is 11.3. The third kappa shape index (κ3) is 4.42. The maximum atomic E-state index is 12.4. The van der Waals surface area contributed by atoms with Gasteiger partial charge in [-0.15, -0.1) is 0 Å². The van der Waals surface area contributed by atoms with Crippen LogP contribution in [0.25, 0.3) is 0 Å². The minimum Gasteiger partial charge on any atom is -0.496 e. The molecule has 2 unspecified atom stereocenters. The van der Waals surface area contributed by atoms with Crippen molar-refractivity contribution in [3.05, 3.63) is 64.1 Å². The number of aliphatic carboxylic acids is 1. The number of benzene rings is 2. The van der Waals surface area contributed by atoms with Crippen molar-refractivity contribution in [1.82, 2.24) is 4.90 Å². The van der Waals surface area contributed by atoms with Gasteiger partial charge < -0.3 is 19.5 Å². The predicted octanol–water partition coefficient (Wildman–Crippen LogP) is 3.89. The van der Waals surface area contributed by atoms with Crippen molar-refractivity contribution in [3.8, 4) is 5.75 Å². The minimum absolute atomic E-state index is 0.122. The standard InChI is InChI=1S/C20H20BrNO5/c1-26-18-8-7-14(9-17(18)21)15-10-22(11-16(15)19(23)24)20(25)27-12-13-5-3-2-4-6-13/h2-9,15-16H,10-12H2,1H3,(H,23,24). The zero-order chi connectivity index (χ0) is 19.4. The number of methoxy groups -OCH3 is 1. The van der Waals surface area contributed by atoms with Gasteiger partial charge >= 0.3 is 12.1 Å². The molecule has 0 aromatic heterocycles. The Labute approximate surface area is 165 Å². The Hall–Kier alpha value is -2.54. The number of carboxylic acid groups (broad SMARTS) is 1. The molecular weight excluding hydrogens is 414 g/mol. The zero-order valence-electron chi connectivity index (χ0n) is 14.8. The van der Waals surface area contributed by atoms with Crippen LogP contribution in [0.5, 0.6) is 5.75 Å². The van der Waals surface area contributed by atoms with Crippen LogP contribution in [-0.4, -0.2) is 42.3 Å². The number of halogens is 1. The Bertz CT molecular complexity index is 826. The van der Waals surface area contributed by atoms with Crippen LogP contribution >= 0.6 is 15.9 Å². The Morgan fingerprint density at radius 3 is 2.56 bits per heavy atom. The van der Waals surface area contributed by atoms with Gasteiger partial charge in [0.15, 0.2) is 0 Å². The SMILES string of the molecule is COc1ccc(C2CN(C(=O)OCc3ccccc3)CC2C(=O)O)cc1Br. The molecule has 1 heterocycles. The molecular formula is C20H20BrNO5. The topological polar surface area (TPSA) is 76.1 Å². The molecule has 1 aliphatic heterocycles. The molecule has 7 heteroatoms. The van der Waals surface area contributed by atoms with Crippen molar-refractivity contribution in [3.63, 3.8) is 0 Å². The Kier molecular flexibility index (Phi) is 6.01. The summed E-state index contributed by atoms with van der Waals surface area (Å²) in [7, 11) is 1.57. The van der Waals surface area contributed by atoms with Gasteiger partial charge in [-0.05, 0) is 39.2 Å². The monoisotopic (exact) mass is 433 g/mol. The highest BCUT2D eigenvalue weighted by Gasteiger charge is 2.41. The van der Waals surface area contributed by atoms with Gasteiger partial charge in [0.1, 0.15) is 12.4 Å². The number of amides is 1. The third-order valence-electron chi connectivity index (χ3n) is 4.70. The van der Waals surface area contributed by atoms with E-state index in [4.69, 9.17) is 9.47 Å². The van der Waals surface area contributed by atoms with Crippen molar-refractivity contribution in [1.29, 1.82) is 0 Å². The lowest BCUT2D eigenvalue weighted by Crippen LogP contribution is -2.30. The fourth-order valence-electron chi connectivity index (χ4n) is 3.26. The molecule has 1 fully saturated rings. The number of hydrogen-bond acceptors (Lipinski definition) is 4. The number of carbonyl (C=O) groups is 2. The highest BCUT2D eigenvalue weighted by Crippen LogP contribution is 2.36. The lowest BCUT2D eigenvalue weighted by molar-refractivity contribution is -0.141. The molecule has 3 rings (SSSR count). The predicted molar refractivity (Wildman–Crippen MR) is 103 cm³/mol. The molecule has 2 atom stereocenters. The van der Waals surface area contributed by atoms with Gasteiger partial charge in [-0.25, -0.2) is 4.79 Å². The average molecular weight is 434 g/mol. The molecule has 0 saturated carbocycles. The fraction of sp³-hybridized carbons (Fsp3) is 0.300. The van der Waals surface area contributed by atoms with E-state index in [0.717, 1.165) is 15.6 Å². The van der Waals surface area contributed by atoms with Crippen molar-refractivity contribution in [2.75, 3.05) is 20.2 Å². The second kappa shape index (κ2) is 8.43. The van der Waals surface area contributed by atoms with E-state index in [0.29, 0.717) is 12.3 Å². The number of likely N-dealkylation sites (tertiary alicyclic amines) is 1. The summed E-state index contributed by atoms with van der Waals surface area (Å²) in [6, 6.07) is 14.8. The second-order valence-electron chi connectivity index (χ2n) is 6.39. The van der Waals surface area contributed by atoms with Gasteiger partial charge in [0, 0.05) is 19.0 Å². The van der Waals surface area contributed by atoms with Crippen LogP contribution < -0.4 is 4.74 Å². The van der Waals surface area contributed by atoms with Crippen LogP contribution in [0.4, 0.5) is 4.79 Å². The molecule has 6 nitrogen and oxygen atoms in total. The lowest BCUT2D eigenvalue weighted by Gasteiger charge is -2.17. The van der Waals surface area contributed by atoms with Crippen LogP contribution in [0.1, 0.15) is 17.0 Å². The molecule has 27 heavy (non-hydrogen) atoms. The van der Waals surface area contributed by atoms with Crippen LogP contribution in [0.2, 0.25) is 0 Å². The molecule has 1 saturated heterocycles. The number of ether oxygens (including phenoxy) is 2. The van der Waals surface area contributed by atoms with Gasteiger partial charge in [0.2, 0.25) is 0 Å². The smallest absolute Gasteiger partial charge is 0.410 e. The quantitative estimate of drug-likeness (QED) is 0.773. The van der Waals surface area contributed by atoms with E-state index in [1.165, 1.54) is 4.90 Å². The van der Waals surface area contributed by atoms with E-state index in [-0.39, 0.29) is 19.1 Å². The van der Waals surface area contributed by atoms with E-state index in [9.17, 15) is 14.7 Å². The van der Waals surface area contributed by atoms with Gasteiger partial charge in [-0.2, -0.15) is 0 Å². The summed E-state index contributed by atoms with van der Waals surface area (Å²) in [5.41, 5.74) is 1.73. The van der Waals surface area contributed by atoms with E-state index < -0.39 is 18.0 Å². The largest absolute Gasteiger partial charge is 0.496 e. The van der Waals surface area contributed by atoms with Crippen molar-refractivity contribution in [2.45, 2.75) is 12.5 Å². The summed E-state index contributed by atoms with van der Waals surface area (Å²) >= 11 is 3.43. The normalized spacial score (nSPS) is 19.0. The molecule has 2 aromatic rings. The summed E-state index contributed by atoms with van der Waals surface area (Å²) in [5.74, 6) is -1.25. The first-order valence-electron chi connectivity index (χ1n) is 8.51. The van der Waals surface area contributed by atoms with E-state index in [1.54, 1.807) is 13.2 Å². The first-order chi connectivity index (χ1) is 13.0. The maximum absolute atomic E-state index is 12.4. The Balaban J connectivity index is 1.71. The van der Waals surface area contributed by atoms with Crippen molar-refractivity contribution >= 4 is 28.0 Å². The molecule has 0 bridgehead atoms. The van der Waals surface area contributed by atoms with E-state index in [2.05, 4.69) is 15.9 Å². The molecule has 1 N–H and O–H groups in total. The number of hydrogen-bond donors (Lipinski definition) is 1. The number of carboxylic acids is 1. The number of nitrogens with zero attached hydrogens (tertiary/aromatic N) is 1. The summed E-state index contributed by atoms with van der Waals surface area (Å²) in [4.78, 5) is 25.6. The van der Waals surface area contributed by atoms with Crippen LogP contribution in [-0.2, 0) is 16.1 Å². The highest BCUT2D eigenvalue weighted by molar-refractivity contribution is 9.10. The molecule has 1 amide bonds. The zero-order valence-corrected chi connectivity index (χ0v) is 16.4. The summed E-state index contributed by atoms with van der Waals surface area (Å²) in [6.45, 7) is 0.577. The Morgan fingerprint density at radius 1 is 1.19 bits per heavy atom. The molecule has 142 valence electrons. The van der Waals surface area contributed by atoms with E-state index >= 15 is 0 Å². The first-order valence-corrected chi connectivity index (χ1v) is 9.30. The Morgan fingerprint density at radius 2 is 1.93 bits per heavy atom. The van der Waals surface area contributed by atoms with Crippen LogP contribution in [0.15, 0.2) is 53.0 Å². The molecule has 0 spiro atoms. The number of rotatable bonds is 5. The average Bonchev–Trinajstić information content (AvgIpc) is 3.13.